The number of aryl methyl sites for hydroxylation is 2. The van der Waals surface area contributed by atoms with Crippen molar-refractivity contribution in [3.8, 4) is 0 Å². The standard InChI is InChI=1S/C23H26N4/c1-3-14-24-18-26(22-12-7-5-10-20(22)24)16-9-17-27-19-25(15-4-2)21-11-6-8-13-23(21)27/h3-8,10-13,18-19H,1-2,9,14-17H2/q+2. The molecule has 0 aliphatic carbocycles. The van der Waals surface area contributed by atoms with E-state index in [-0.39, 0.29) is 0 Å². The molecule has 27 heavy (non-hydrogen) atoms. The summed E-state index contributed by atoms with van der Waals surface area (Å²) in [6.45, 7) is 11.4. The van der Waals surface area contributed by atoms with Crippen LogP contribution in [0.3, 0.4) is 0 Å². The van der Waals surface area contributed by atoms with Gasteiger partial charge in [-0.05, 0) is 24.3 Å². The first-order chi connectivity index (χ1) is 13.3. The van der Waals surface area contributed by atoms with E-state index in [2.05, 4.69) is 92.6 Å². The molecular formula is C23H26N4+2. The predicted molar refractivity (Wildman–Crippen MR) is 109 cm³/mol. The smallest absolute Gasteiger partial charge is 0.230 e. The minimum absolute atomic E-state index is 0.831. The maximum atomic E-state index is 3.88. The van der Waals surface area contributed by atoms with E-state index in [1.54, 1.807) is 0 Å². The van der Waals surface area contributed by atoms with Crippen LogP contribution in [-0.4, -0.2) is 9.13 Å². The minimum Gasteiger partial charge on any atom is -0.230 e. The zero-order valence-corrected chi connectivity index (χ0v) is 15.7. The van der Waals surface area contributed by atoms with Crippen LogP contribution < -0.4 is 9.13 Å². The van der Waals surface area contributed by atoms with Crippen molar-refractivity contribution in [3.05, 3.63) is 86.5 Å². The highest BCUT2D eigenvalue weighted by Gasteiger charge is 2.16. The Balaban J connectivity index is 1.55. The van der Waals surface area contributed by atoms with Crippen molar-refractivity contribution in [2.24, 2.45) is 0 Å². The molecular weight excluding hydrogens is 332 g/mol. The molecule has 4 rings (SSSR count). The number of hydrogen-bond donors (Lipinski definition) is 0. The molecule has 0 fully saturated rings. The van der Waals surface area contributed by atoms with E-state index in [1.165, 1.54) is 22.1 Å². The molecule has 4 heteroatoms. The molecule has 0 spiro atoms. The highest BCUT2D eigenvalue weighted by molar-refractivity contribution is 5.72. The number of allylic oxidation sites excluding steroid dienone is 2. The van der Waals surface area contributed by atoms with Gasteiger partial charge in [-0.25, -0.2) is 18.3 Å². The van der Waals surface area contributed by atoms with Crippen molar-refractivity contribution in [3.63, 3.8) is 0 Å². The van der Waals surface area contributed by atoms with Crippen LogP contribution in [0.5, 0.6) is 0 Å². The third kappa shape index (κ3) is 3.31. The van der Waals surface area contributed by atoms with Crippen LogP contribution in [0.25, 0.3) is 22.1 Å². The molecule has 0 aliphatic rings. The fraction of sp³-hybridized carbons (Fsp3) is 0.217. The SMILES string of the molecule is C=CCn1c[n+](CCC[n+]2cn(CC=C)c3ccccc32)c2ccccc21. The van der Waals surface area contributed by atoms with Gasteiger partial charge >= 0.3 is 0 Å². The molecule has 0 aliphatic heterocycles. The number of fused-ring (bicyclic) bond motifs is 2. The Morgan fingerprint density at radius 1 is 0.704 bits per heavy atom. The molecule has 0 unspecified atom stereocenters. The van der Waals surface area contributed by atoms with Gasteiger partial charge in [0, 0.05) is 6.42 Å². The summed E-state index contributed by atoms with van der Waals surface area (Å²) < 4.78 is 9.21. The second-order valence-electron chi connectivity index (χ2n) is 6.83. The quantitative estimate of drug-likeness (QED) is 0.338. The van der Waals surface area contributed by atoms with E-state index in [4.69, 9.17) is 0 Å². The minimum atomic E-state index is 0.831. The molecule has 2 aromatic heterocycles. The van der Waals surface area contributed by atoms with Crippen molar-refractivity contribution in [2.45, 2.75) is 32.6 Å². The van der Waals surface area contributed by atoms with E-state index >= 15 is 0 Å². The van der Waals surface area contributed by atoms with Crippen molar-refractivity contribution < 1.29 is 9.13 Å². The monoisotopic (exact) mass is 358 g/mol. The van der Waals surface area contributed by atoms with Gasteiger partial charge in [-0.1, -0.05) is 49.6 Å². The second kappa shape index (κ2) is 7.62. The molecule has 4 nitrogen and oxygen atoms in total. The molecule has 0 bridgehead atoms. The second-order valence-corrected chi connectivity index (χ2v) is 6.83. The summed E-state index contributed by atoms with van der Waals surface area (Å²) in [5.74, 6) is 0. The van der Waals surface area contributed by atoms with E-state index < -0.39 is 0 Å². The average Bonchev–Trinajstić information content (AvgIpc) is 3.22. The summed E-state index contributed by atoms with van der Waals surface area (Å²) in [6, 6.07) is 17.1. The van der Waals surface area contributed by atoms with Crippen LogP contribution in [0.15, 0.2) is 86.5 Å². The number of imidazole rings is 2. The van der Waals surface area contributed by atoms with E-state index in [9.17, 15) is 0 Å². The number of benzene rings is 2. The van der Waals surface area contributed by atoms with Gasteiger partial charge < -0.3 is 0 Å². The van der Waals surface area contributed by atoms with Crippen LogP contribution in [-0.2, 0) is 26.2 Å². The Kier molecular flexibility index (Phi) is 4.88. The zero-order valence-electron chi connectivity index (χ0n) is 15.7. The maximum absolute atomic E-state index is 3.88. The summed E-state index contributed by atoms with van der Waals surface area (Å²) in [5.41, 5.74) is 5.07. The first-order valence-corrected chi connectivity index (χ1v) is 9.48. The maximum Gasteiger partial charge on any atom is 0.245 e. The van der Waals surface area contributed by atoms with Crippen LogP contribution in [0.4, 0.5) is 0 Å². The van der Waals surface area contributed by atoms with Gasteiger partial charge in [0.1, 0.15) is 13.1 Å². The van der Waals surface area contributed by atoms with Crippen molar-refractivity contribution in [1.29, 1.82) is 0 Å². The largest absolute Gasteiger partial charge is 0.245 e. The topological polar surface area (TPSA) is 17.6 Å². The number of aromatic nitrogens is 4. The Morgan fingerprint density at radius 2 is 1.15 bits per heavy atom. The van der Waals surface area contributed by atoms with Gasteiger partial charge in [-0.3, -0.25) is 0 Å². The van der Waals surface area contributed by atoms with Gasteiger partial charge in [-0.15, -0.1) is 0 Å². The third-order valence-electron chi connectivity index (χ3n) is 5.01. The number of nitrogens with zero attached hydrogens (tertiary/aromatic N) is 4. The summed E-state index contributed by atoms with van der Waals surface area (Å²) in [4.78, 5) is 0. The molecule has 0 N–H and O–H groups in total. The first-order valence-electron chi connectivity index (χ1n) is 9.48. The molecule has 0 amide bonds. The Bertz CT molecular complexity index is 1010. The van der Waals surface area contributed by atoms with Gasteiger partial charge in [-0.2, -0.15) is 0 Å². The summed E-state index contributed by atoms with van der Waals surface area (Å²) in [5, 5.41) is 0. The summed E-state index contributed by atoms with van der Waals surface area (Å²) in [7, 11) is 0. The Morgan fingerprint density at radius 3 is 1.59 bits per heavy atom. The third-order valence-corrected chi connectivity index (χ3v) is 5.01. The number of para-hydroxylation sites is 4. The fourth-order valence-corrected chi connectivity index (χ4v) is 3.82. The summed E-state index contributed by atoms with van der Waals surface area (Å²) in [6.07, 6.45) is 9.37. The average molecular weight is 358 g/mol. The van der Waals surface area contributed by atoms with Gasteiger partial charge in [0.05, 0.1) is 13.1 Å². The van der Waals surface area contributed by atoms with Crippen molar-refractivity contribution in [1.82, 2.24) is 9.13 Å². The highest BCUT2D eigenvalue weighted by atomic mass is 15.1. The van der Waals surface area contributed by atoms with Crippen LogP contribution in [0, 0.1) is 0 Å². The Labute approximate surface area is 159 Å². The lowest BCUT2D eigenvalue weighted by Crippen LogP contribution is -2.38. The molecule has 4 aromatic rings. The lowest BCUT2D eigenvalue weighted by atomic mass is 10.3. The summed E-state index contributed by atoms with van der Waals surface area (Å²) >= 11 is 0. The normalized spacial score (nSPS) is 11.3. The molecule has 2 aromatic carbocycles. The first kappa shape index (κ1) is 17.3. The Hall–Kier alpha value is -3.14. The molecule has 2 heterocycles. The molecule has 0 atom stereocenters. The van der Waals surface area contributed by atoms with Crippen LogP contribution in [0.2, 0.25) is 0 Å². The van der Waals surface area contributed by atoms with Crippen molar-refractivity contribution >= 4 is 22.1 Å². The molecule has 0 saturated heterocycles. The highest BCUT2D eigenvalue weighted by Crippen LogP contribution is 2.12. The molecule has 0 radical (unpaired) electrons. The van der Waals surface area contributed by atoms with Crippen LogP contribution in [0.1, 0.15) is 6.42 Å². The van der Waals surface area contributed by atoms with E-state index in [0.29, 0.717) is 0 Å². The molecule has 0 saturated carbocycles. The van der Waals surface area contributed by atoms with Gasteiger partial charge in [0.2, 0.25) is 12.7 Å². The molecule has 136 valence electrons. The number of rotatable bonds is 8. The van der Waals surface area contributed by atoms with Gasteiger partial charge in [0.25, 0.3) is 0 Å². The number of hydrogen-bond acceptors (Lipinski definition) is 0. The predicted octanol–water partition coefficient (Wildman–Crippen LogP) is 3.63. The van der Waals surface area contributed by atoms with E-state index in [1.807, 2.05) is 12.2 Å². The van der Waals surface area contributed by atoms with Gasteiger partial charge in [0.15, 0.2) is 22.1 Å². The lowest BCUT2D eigenvalue weighted by Gasteiger charge is -1.98. The fourth-order valence-electron chi connectivity index (χ4n) is 3.82. The van der Waals surface area contributed by atoms with Crippen molar-refractivity contribution in [2.75, 3.05) is 0 Å². The van der Waals surface area contributed by atoms with Crippen LogP contribution >= 0.6 is 0 Å². The zero-order chi connectivity index (χ0) is 18.6. The lowest BCUT2D eigenvalue weighted by molar-refractivity contribution is -0.703. The van der Waals surface area contributed by atoms with E-state index in [0.717, 1.165) is 32.6 Å².